The topological polar surface area (TPSA) is 81.5 Å². The van der Waals surface area contributed by atoms with Gasteiger partial charge in [-0.05, 0) is 43.2 Å². The van der Waals surface area contributed by atoms with E-state index < -0.39 is 6.10 Å². The number of methoxy groups -OCH3 is 2. The lowest BCUT2D eigenvalue weighted by Gasteiger charge is -2.12. The number of aliphatic hydroxyl groups excluding tert-OH is 1. The van der Waals surface area contributed by atoms with Crippen molar-refractivity contribution >= 4 is 27.2 Å². The normalized spacial score (nSPS) is 12.0. The third-order valence-corrected chi connectivity index (χ3v) is 6.54. The van der Waals surface area contributed by atoms with E-state index in [1.54, 1.807) is 48.9 Å². The molecule has 0 amide bonds. The van der Waals surface area contributed by atoms with Gasteiger partial charge in [0, 0.05) is 39.2 Å². The summed E-state index contributed by atoms with van der Waals surface area (Å²) in [5, 5.41) is 13.8. The maximum absolute atomic E-state index is 12.6. The zero-order chi connectivity index (χ0) is 22.7. The van der Waals surface area contributed by atoms with Gasteiger partial charge in [-0.2, -0.15) is 0 Å². The molecule has 0 aliphatic carbocycles. The molecule has 2 heterocycles. The Kier molecular flexibility index (Phi) is 6.48. The van der Waals surface area contributed by atoms with Gasteiger partial charge in [0.1, 0.15) is 0 Å². The van der Waals surface area contributed by atoms with Crippen LogP contribution in [0.4, 0.5) is 0 Å². The maximum Gasteiger partial charge on any atom is 0.163 e. The molecule has 0 bridgehead atoms. The number of hydrogen-bond acceptors (Lipinski definition) is 7. The van der Waals surface area contributed by atoms with Crippen LogP contribution in [-0.2, 0) is 0 Å². The number of benzene rings is 2. The highest BCUT2D eigenvalue weighted by atomic mass is 32.1. The average molecular weight is 449 g/mol. The molecule has 164 valence electrons. The molecule has 6 nitrogen and oxygen atoms in total. The second-order valence-corrected chi connectivity index (χ2v) is 8.33. The molecular weight excluding hydrogens is 424 g/mol. The molecule has 1 unspecified atom stereocenters. The molecule has 2 aromatic carbocycles. The van der Waals surface area contributed by atoms with Crippen LogP contribution in [0, 0.1) is 6.92 Å². The van der Waals surface area contributed by atoms with Crippen molar-refractivity contribution in [1.29, 1.82) is 0 Å². The minimum atomic E-state index is -0.868. The van der Waals surface area contributed by atoms with Crippen molar-refractivity contribution in [3.05, 3.63) is 70.9 Å². The Balaban J connectivity index is 1.49. The maximum atomic E-state index is 12.6. The lowest BCUT2D eigenvalue weighted by molar-refractivity contribution is 0.0937. The monoisotopic (exact) mass is 448 g/mol. The predicted octanol–water partition coefficient (Wildman–Crippen LogP) is 5.38. The fourth-order valence-electron chi connectivity index (χ4n) is 3.63. The van der Waals surface area contributed by atoms with E-state index in [1.165, 1.54) is 17.4 Å². The number of hydrogen-bond donors (Lipinski definition) is 1. The Morgan fingerprint density at radius 2 is 1.94 bits per heavy atom. The lowest BCUT2D eigenvalue weighted by Crippen LogP contribution is -2.07. The van der Waals surface area contributed by atoms with Crippen LogP contribution in [0.15, 0.2) is 54.0 Å². The standard InChI is InChI=1S/C25H24N2O4S/c1-15-5-4-6-17-18(14-32-24(15)17)25-26-12-11-19(27-25)21(29)9-8-20(28)16-7-10-22(30-2)23(13-16)31-3/h4-7,10-14,21,29H,8-9H2,1-3H3. The molecule has 0 radical (unpaired) electrons. The molecule has 0 aliphatic rings. The van der Waals surface area contributed by atoms with E-state index in [0.29, 0.717) is 28.6 Å². The largest absolute Gasteiger partial charge is 0.493 e. The summed E-state index contributed by atoms with van der Waals surface area (Å²) in [6.45, 7) is 2.08. The van der Waals surface area contributed by atoms with Gasteiger partial charge < -0.3 is 14.6 Å². The molecule has 0 aliphatic heterocycles. The summed E-state index contributed by atoms with van der Waals surface area (Å²) in [7, 11) is 3.08. The van der Waals surface area contributed by atoms with Crippen molar-refractivity contribution in [2.45, 2.75) is 25.9 Å². The summed E-state index contributed by atoms with van der Waals surface area (Å²) in [6, 6.07) is 12.9. The highest BCUT2D eigenvalue weighted by molar-refractivity contribution is 7.18. The molecule has 2 aromatic heterocycles. The summed E-state index contributed by atoms with van der Waals surface area (Å²) in [6.07, 6.45) is 1.22. The summed E-state index contributed by atoms with van der Waals surface area (Å²) in [4.78, 5) is 21.6. The Bertz CT molecular complexity index is 1270. The quantitative estimate of drug-likeness (QED) is 0.365. The van der Waals surface area contributed by atoms with Crippen LogP contribution in [0.25, 0.3) is 21.5 Å². The zero-order valence-electron chi connectivity index (χ0n) is 18.2. The minimum Gasteiger partial charge on any atom is -0.493 e. The Morgan fingerprint density at radius 3 is 2.72 bits per heavy atom. The SMILES string of the molecule is COc1ccc(C(=O)CCC(O)c2ccnc(-c3csc4c(C)cccc34)n2)cc1OC. The molecule has 0 fully saturated rings. The Morgan fingerprint density at radius 1 is 1.12 bits per heavy atom. The first-order valence-corrected chi connectivity index (χ1v) is 11.1. The fraction of sp³-hybridized carbons (Fsp3) is 0.240. The zero-order valence-corrected chi connectivity index (χ0v) is 19.0. The molecule has 1 atom stereocenters. The van der Waals surface area contributed by atoms with Crippen molar-refractivity contribution in [2.75, 3.05) is 14.2 Å². The van der Waals surface area contributed by atoms with E-state index in [9.17, 15) is 9.90 Å². The van der Waals surface area contributed by atoms with E-state index in [4.69, 9.17) is 9.47 Å². The van der Waals surface area contributed by atoms with Crippen molar-refractivity contribution in [1.82, 2.24) is 9.97 Å². The van der Waals surface area contributed by atoms with Gasteiger partial charge in [-0.15, -0.1) is 11.3 Å². The second-order valence-electron chi connectivity index (χ2n) is 7.45. The first-order valence-electron chi connectivity index (χ1n) is 10.2. The van der Waals surface area contributed by atoms with Crippen LogP contribution in [-0.4, -0.2) is 35.1 Å². The molecule has 0 saturated carbocycles. The van der Waals surface area contributed by atoms with E-state index in [2.05, 4.69) is 29.0 Å². The number of carbonyl (C=O) groups is 1. The van der Waals surface area contributed by atoms with Crippen molar-refractivity contribution < 1.29 is 19.4 Å². The number of nitrogens with zero attached hydrogens (tertiary/aromatic N) is 2. The van der Waals surface area contributed by atoms with Crippen LogP contribution in [0.2, 0.25) is 0 Å². The molecule has 0 spiro atoms. The smallest absolute Gasteiger partial charge is 0.163 e. The van der Waals surface area contributed by atoms with Gasteiger partial charge in [0.25, 0.3) is 0 Å². The number of ketones is 1. The highest BCUT2D eigenvalue weighted by Crippen LogP contribution is 2.34. The molecule has 0 saturated heterocycles. The number of fused-ring (bicyclic) bond motifs is 1. The van der Waals surface area contributed by atoms with Gasteiger partial charge in [0.05, 0.1) is 26.0 Å². The van der Waals surface area contributed by atoms with Gasteiger partial charge in [0.2, 0.25) is 0 Å². The third-order valence-electron chi connectivity index (χ3n) is 5.41. The van der Waals surface area contributed by atoms with Crippen LogP contribution < -0.4 is 9.47 Å². The lowest BCUT2D eigenvalue weighted by atomic mass is 10.0. The van der Waals surface area contributed by atoms with Crippen LogP contribution >= 0.6 is 11.3 Å². The first-order chi connectivity index (χ1) is 15.5. The van der Waals surface area contributed by atoms with Crippen LogP contribution in [0.5, 0.6) is 11.5 Å². The molecule has 7 heteroatoms. The second kappa shape index (κ2) is 9.46. The first kappa shape index (κ1) is 21.9. The predicted molar refractivity (Wildman–Crippen MR) is 126 cm³/mol. The molecular formula is C25H24N2O4S. The molecule has 4 aromatic rings. The van der Waals surface area contributed by atoms with Gasteiger partial charge in [-0.25, -0.2) is 9.97 Å². The van der Waals surface area contributed by atoms with Gasteiger partial charge in [-0.3, -0.25) is 4.79 Å². The fourth-order valence-corrected chi connectivity index (χ4v) is 4.66. The number of Topliss-reactive ketones (excluding diaryl/α,β-unsaturated/α-hetero) is 1. The molecule has 4 rings (SSSR count). The molecule has 1 N–H and O–H groups in total. The summed E-state index contributed by atoms with van der Waals surface area (Å²) in [5.41, 5.74) is 3.17. The summed E-state index contributed by atoms with van der Waals surface area (Å²) in [5.74, 6) is 1.55. The van der Waals surface area contributed by atoms with Gasteiger partial charge in [0.15, 0.2) is 23.1 Å². The van der Waals surface area contributed by atoms with E-state index in [-0.39, 0.29) is 18.6 Å². The van der Waals surface area contributed by atoms with E-state index >= 15 is 0 Å². The number of aromatic nitrogens is 2. The number of thiophene rings is 1. The number of carbonyl (C=O) groups excluding carboxylic acids is 1. The highest BCUT2D eigenvalue weighted by Gasteiger charge is 2.17. The average Bonchev–Trinajstić information content (AvgIpc) is 3.27. The number of ether oxygens (including phenoxy) is 2. The molecule has 32 heavy (non-hydrogen) atoms. The van der Waals surface area contributed by atoms with Gasteiger partial charge in [-0.1, -0.05) is 18.2 Å². The Hall–Kier alpha value is -3.29. The van der Waals surface area contributed by atoms with Crippen LogP contribution in [0.1, 0.15) is 40.6 Å². The summed E-state index contributed by atoms with van der Waals surface area (Å²) < 4.78 is 11.7. The number of aryl methyl sites for hydroxylation is 1. The Labute approximate surface area is 190 Å². The third kappa shape index (κ3) is 4.35. The van der Waals surface area contributed by atoms with E-state index in [1.807, 2.05) is 11.4 Å². The van der Waals surface area contributed by atoms with E-state index in [0.717, 1.165) is 10.9 Å². The van der Waals surface area contributed by atoms with Crippen LogP contribution in [0.3, 0.4) is 0 Å². The van der Waals surface area contributed by atoms with Crippen molar-refractivity contribution in [2.24, 2.45) is 0 Å². The number of aliphatic hydroxyl groups is 1. The number of rotatable bonds is 8. The minimum absolute atomic E-state index is 0.0846. The summed E-state index contributed by atoms with van der Waals surface area (Å²) >= 11 is 1.66. The van der Waals surface area contributed by atoms with Crippen molar-refractivity contribution in [3.63, 3.8) is 0 Å². The van der Waals surface area contributed by atoms with Gasteiger partial charge >= 0.3 is 0 Å². The van der Waals surface area contributed by atoms with Crippen molar-refractivity contribution in [3.8, 4) is 22.9 Å².